The maximum Gasteiger partial charge on any atom is 0.322 e. The van der Waals surface area contributed by atoms with E-state index in [2.05, 4.69) is 34.4 Å². The van der Waals surface area contributed by atoms with E-state index in [1.165, 1.54) is 12.1 Å². The summed E-state index contributed by atoms with van der Waals surface area (Å²) in [4.78, 5) is 33.8. The summed E-state index contributed by atoms with van der Waals surface area (Å²) in [6.07, 6.45) is 2.36. The molecule has 9 heteroatoms. The summed E-state index contributed by atoms with van der Waals surface area (Å²) >= 11 is 0. The number of pyridine rings is 1. The van der Waals surface area contributed by atoms with Crippen molar-refractivity contribution in [3.8, 4) is 0 Å². The van der Waals surface area contributed by atoms with Crippen molar-refractivity contribution in [1.82, 2.24) is 14.8 Å². The molecule has 36 heavy (non-hydrogen) atoms. The van der Waals surface area contributed by atoms with Gasteiger partial charge in [-0.2, -0.15) is 0 Å². The Balaban J connectivity index is 1.68. The number of carbonyl (C=O) groups is 2. The molecule has 0 saturated heterocycles. The highest BCUT2D eigenvalue weighted by Crippen LogP contribution is 2.18. The van der Waals surface area contributed by atoms with Gasteiger partial charge < -0.3 is 26.2 Å². The molecule has 2 aromatic carbocycles. The first-order chi connectivity index (χ1) is 17.4. The maximum absolute atomic E-state index is 13.6. The van der Waals surface area contributed by atoms with E-state index in [9.17, 15) is 14.0 Å². The number of nitrogens with one attached hydrogen (secondary N) is 2. The number of nitrogens with two attached hydrogens (primary N) is 1. The van der Waals surface area contributed by atoms with Crippen molar-refractivity contribution >= 4 is 29.0 Å². The molecule has 0 saturated carbocycles. The highest BCUT2D eigenvalue weighted by Gasteiger charge is 2.16. The van der Waals surface area contributed by atoms with Crippen LogP contribution in [0.2, 0.25) is 0 Å². The van der Waals surface area contributed by atoms with Crippen molar-refractivity contribution in [3.05, 3.63) is 83.9 Å². The number of rotatable bonds is 11. The molecule has 190 valence electrons. The quantitative estimate of drug-likeness (QED) is 0.333. The molecule has 3 aromatic rings. The Labute approximate surface area is 211 Å². The fourth-order valence-corrected chi connectivity index (χ4v) is 3.72. The largest absolute Gasteiger partial charge is 0.397 e. The van der Waals surface area contributed by atoms with Crippen LogP contribution < -0.4 is 16.4 Å². The summed E-state index contributed by atoms with van der Waals surface area (Å²) in [5.74, 6) is -0.796. The minimum Gasteiger partial charge on any atom is -0.397 e. The molecule has 1 aromatic heterocycles. The van der Waals surface area contributed by atoms with Crippen LogP contribution in [-0.4, -0.2) is 52.9 Å². The fraction of sp³-hybridized carbons (Fsp3) is 0.296. The number of para-hydroxylation sites is 2. The zero-order valence-corrected chi connectivity index (χ0v) is 20.7. The van der Waals surface area contributed by atoms with E-state index in [4.69, 9.17) is 5.73 Å². The molecule has 3 rings (SSSR count). The molecule has 0 atom stereocenters. The predicted molar refractivity (Wildman–Crippen MR) is 141 cm³/mol. The number of anilines is 3. The molecular formula is C27H33FN6O2. The molecule has 0 fully saturated rings. The molecular weight excluding hydrogens is 459 g/mol. The molecule has 0 unspecified atom stereocenters. The molecule has 1 heterocycles. The Bertz CT molecular complexity index is 1150. The van der Waals surface area contributed by atoms with Crippen LogP contribution in [0.3, 0.4) is 0 Å². The topological polar surface area (TPSA) is 104 Å². The van der Waals surface area contributed by atoms with Gasteiger partial charge in [-0.15, -0.1) is 0 Å². The molecule has 3 amide bonds. The average molecular weight is 493 g/mol. The number of aromatic nitrogens is 1. The lowest BCUT2D eigenvalue weighted by Gasteiger charge is -2.25. The minimum atomic E-state index is -0.420. The second kappa shape index (κ2) is 13.2. The number of urea groups is 1. The standard InChI is InChI=1S/C27H33FN6O2/c1-3-33(4-2)15-8-16-34(27(36)31-22-10-7-9-21(28)17-22)19-20-13-14-25(30-18-20)26(35)32-24-12-6-5-11-23(24)29/h5-7,9-14,17-18H,3-4,8,15-16,19,29H2,1-2H3,(H,31,36)(H,32,35). The Morgan fingerprint density at radius 3 is 2.42 bits per heavy atom. The maximum atomic E-state index is 13.6. The third-order valence-corrected chi connectivity index (χ3v) is 5.80. The van der Waals surface area contributed by atoms with Gasteiger partial charge in [0.05, 0.1) is 11.4 Å². The van der Waals surface area contributed by atoms with Gasteiger partial charge >= 0.3 is 6.03 Å². The summed E-state index contributed by atoms with van der Waals surface area (Å²) in [6, 6.07) is 15.8. The van der Waals surface area contributed by atoms with Crippen molar-refractivity contribution in [2.24, 2.45) is 0 Å². The number of hydrogen-bond acceptors (Lipinski definition) is 5. The van der Waals surface area contributed by atoms with Crippen LogP contribution in [0.5, 0.6) is 0 Å². The van der Waals surface area contributed by atoms with Gasteiger partial charge in [0.1, 0.15) is 11.5 Å². The van der Waals surface area contributed by atoms with Crippen LogP contribution in [0, 0.1) is 5.82 Å². The van der Waals surface area contributed by atoms with Crippen molar-refractivity contribution in [2.75, 3.05) is 42.5 Å². The summed E-state index contributed by atoms with van der Waals surface area (Å²) < 4.78 is 13.6. The van der Waals surface area contributed by atoms with E-state index in [1.54, 1.807) is 59.6 Å². The highest BCUT2D eigenvalue weighted by atomic mass is 19.1. The van der Waals surface area contributed by atoms with Crippen LogP contribution in [0.1, 0.15) is 36.3 Å². The number of carbonyl (C=O) groups excluding carboxylic acids is 2. The predicted octanol–water partition coefficient (Wildman–Crippen LogP) is 4.82. The number of nitrogen functional groups attached to an aromatic ring is 1. The molecule has 0 spiro atoms. The van der Waals surface area contributed by atoms with Gasteiger partial charge in [0.25, 0.3) is 5.91 Å². The van der Waals surface area contributed by atoms with Gasteiger partial charge in [-0.05, 0) is 68.0 Å². The van der Waals surface area contributed by atoms with Gasteiger partial charge in [-0.3, -0.25) is 9.78 Å². The molecule has 0 radical (unpaired) electrons. The van der Waals surface area contributed by atoms with E-state index >= 15 is 0 Å². The third-order valence-electron chi connectivity index (χ3n) is 5.80. The molecule has 0 aliphatic heterocycles. The second-order valence-electron chi connectivity index (χ2n) is 8.34. The van der Waals surface area contributed by atoms with Crippen molar-refractivity contribution in [1.29, 1.82) is 0 Å². The number of benzene rings is 2. The second-order valence-corrected chi connectivity index (χ2v) is 8.34. The Morgan fingerprint density at radius 2 is 1.75 bits per heavy atom. The van der Waals surface area contributed by atoms with E-state index < -0.39 is 5.82 Å². The zero-order valence-electron chi connectivity index (χ0n) is 20.7. The first kappa shape index (κ1) is 26.6. The van der Waals surface area contributed by atoms with Crippen LogP contribution in [-0.2, 0) is 6.54 Å². The lowest BCUT2D eigenvalue weighted by Crippen LogP contribution is -2.37. The normalized spacial score (nSPS) is 10.8. The molecule has 0 aliphatic rings. The van der Waals surface area contributed by atoms with Gasteiger partial charge in [-0.1, -0.05) is 38.1 Å². The number of hydrogen-bond donors (Lipinski definition) is 3. The summed E-state index contributed by atoms with van der Waals surface area (Å²) in [7, 11) is 0. The Hall–Kier alpha value is -3.98. The van der Waals surface area contributed by atoms with Crippen LogP contribution in [0.25, 0.3) is 0 Å². The van der Waals surface area contributed by atoms with Crippen molar-refractivity contribution in [3.63, 3.8) is 0 Å². The number of nitrogens with zero attached hydrogens (tertiary/aromatic N) is 3. The van der Waals surface area contributed by atoms with Gasteiger partial charge in [-0.25, -0.2) is 9.18 Å². The highest BCUT2D eigenvalue weighted by molar-refractivity contribution is 6.04. The van der Waals surface area contributed by atoms with Crippen LogP contribution >= 0.6 is 0 Å². The van der Waals surface area contributed by atoms with Crippen LogP contribution in [0.4, 0.5) is 26.2 Å². The van der Waals surface area contributed by atoms with Crippen LogP contribution in [0.15, 0.2) is 66.9 Å². The van der Waals surface area contributed by atoms with Crippen molar-refractivity contribution < 1.29 is 14.0 Å². The summed E-state index contributed by atoms with van der Waals surface area (Å²) in [5.41, 5.74) is 8.26. The average Bonchev–Trinajstić information content (AvgIpc) is 2.87. The Kier molecular flexibility index (Phi) is 9.76. The number of amides is 3. The lowest BCUT2D eigenvalue weighted by molar-refractivity contribution is 0.102. The molecule has 0 bridgehead atoms. The summed E-state index contributed by atoms with van der Waals surface area (Å²) in [5, 5.41) is 5.52. The third kappa shape index (κ3) is 7.78. The van der Waals surface area contributed by atoms with Gasteiger partial charge in [0, 0.05) is 25.0 Å². The zero-order chi connectivity index (χ0) is 25.9. The summed E-state index contributed by atoms with van der Waals surface area (Å²) in [6.45, 7) is 7.74. The Morgan fingerprint density at radius 1 is 0.972 bits per heavy atom. The van der Waals surface area contributed by atoms with Gasteiger partial charge in [0.15, 0.2) is 0 Å². The van der Waals surface area contributed by atoms with E-state index in [-0.39, 0.29) is 17.6 Å². The fourth-order valence-electron chi connectivity index (χ4n) is 3.72. The number of halogens is 1. The monoisotopic (exact) mass is 492 g/mol. The first-order valence-electron chi connectivity index (χ1n) is 12.0. The minimum absolute atomic E-state index is 0.235. The smallest absolute Gasteiger partial charge is 0.322 e. The van der Waals surface area contributed by atoms with E-state index in [0.29, 0.717) is 30.2 Å². The first-order valence-corrected chi connectivity index (χ1v) is 12.0. The SMILES string of the molecule is CCN(CC)CCCN(Cc1ccc(C(=O)Nc2ccccc2N)nc1)C(=O)Nc1cccc(F)c1. The molecule has 4 N–H and O–H groups in total. The van der Waals surface area contributed by atoms with Gasteiger partial charge in [0.2, 0.25) is 0 Å². The lowest BCUT2D eigenvalue weighted by atomic mass is 10.2. The van der Waals surface area contributed by atoms with Crippen molar-refractivity contribution in [2.45, 2.75) is 26.8 Å². The van der Waals surface area contributed by atoms with E-state index in [0.717, 1.165) is 31.6 Å². The molecule has 0 aliphatic carbocycles. The molecule has 8 nitrogen and oxygen atoms in total. The van der Waals surface area contributed by atoms with E-state index in [1.807, 2.05) is 0 Å².